The van der Waals surface area contributed by atoms with Gasteiger partial charge in [-0.1, -0.05) is 30.3 Å². The van der Waals surface area contributed by atoms with E-state index in [1.165, 1.54) is 17.5 Å². The summed E-state index contributed by atoms with van der Waals surface area (Å²) in [5.41, 5.74) is 1.73. The van der Waals surface area contributed by atoms with Crippen molar-refractivity contribution in [2.45, 2.75) is 32.6 Å². The molecule has 4 aromatic heterocycles. The third-order valence-corrected chi connectivity index (χ3v) is 6.44. The molecule has 1 fully saturated rings. The van der Waals surface area contributed by atoms with Crippen molar-refractivity contribution in [1.82, 2.24) is 25.1 Å². The number of piperidine rings is 1. The lowest BCUT2D eigenvalue weighted by Crippen LogP contribution is -2.35. The first-order chi connectivity index (χ1) is 15.6. The number of anilines is 1. The third-order valence-electron chi connectivity index (χ3n) is 5.56. The number of fused-ring (bicyclic) bond motifs is 1. The number of thiazole rings is 1. The Hall–Kier alpha value is -3.14. The number of halogens is 1. The standard InChI is InChI=1S/C22H23FN6O2S/c1-13(2)19-27-21(31-28-19)29-9-6-14(7-10-29)12-30-22-26-18-4-3-17(25-20(18)32-22)15-5-8-24-11-16(15)23/h3-5,8,11,13-14H,6-7,9-10,12H2,1-2H3. The molecule has 5 rings (SSSR count). The van der Waals surface area contributed by atoms with Gasteiger partial charge in [0.1, 0.15) is 10.3 Å². The number of hydrogen-bond acceptors (Lipinski definition) is 9. The normalized spacial score (nSPS) is 15.1. The van der Waals surface area contributed by atoms with Gasteiger partial charge in [-0.25, -0.2) is 14.4 Å². The quantitative estimate of drug-likeness (QED) is 0.414. The molecule has 0 spiro atoms. The molecule has 0 atom stereocenters. The second kappa shape index (κ2) is 8.78. The highest BCUT2D eigenvalue weighted by atomic mass is 32.1. The smallest absolute Gasteiger partial charge is 0.324 e. The zero-order chi connectivity index (χ0) is 22.1. The monoisotopic (exact) mass is 454 g/mol. The van der Waals surface area contributed by atoms with Crippen LogP contribution < -0.4 is 9.64 Å². The average molecular weight is 455 g/mol. The van der Waals surface area contributed by atoms with Crippen molar-refractivity contribution in [3.8, 4) is 16.5 Å². The van der Waals surface area contributed by atoms with E-state index in [4.69, 9.17) is 9.26 Å². The van der Waals surface area contributed by atoms with Crippen molar-refractivity contribution in [2.75, 3.05) is 24.6 Å². The second-order valence-electron chi connectivity index (χ2n) is 8.19. The van der Waals surface area contributed by atoms with Crippen molar-refractivity contribution in [2.24, 2.45) is 5.92 Å². The van der Waals surface area contributed by atoms with Gasteiger partial charge in [-0.15, -0.1) is 0 Å². The Balaban J connectivity index is 1.19. The Bertz CT molecular complexity index is 1220. The summed E-state index contributed by atoms with van der Waals surface area (Å²) in [6.07, 6.45) is 4.70. The highest BCUT2D eigenvalue weighted by Crippen LogP contribution is 2.31. The minimum atomic E-state index is -0.396. The molecule has 0 amide bonds. The summed E-state index contributed by atoms with van der Waals surface area (Å²) in [5.74, 6) is 1.03. The van der Waals surface area contributed by atoms with Crippen LogP contribution in [0.5, 0.6) is 5.19 Å². The SMILES string of the molecule is CC(C)c1noc(N2CCC(COc3nc4ccc(-c5ccncc5F)nc4s3)CC2)n1. The first-order valence-corrected chi connectivity index (χ1v) is 11.5. The Morgan fingerprint density at radius 3 is 2.78 bits per heavy atom. The van der Waals surface area contributed by atoms with Gasteiger partial charge < -0.3 is 14.2 Å². The Kier molecular flexibility index (Phi) is 5.69. The largest absolute Gasteiger partial charge is 0.470 e. The van der Waals surface area contributed by atoms with Gasteiger partial charge in [-0.2, -0.15) is 4.98 Å². The van der Waals surface area contributed by atoms with E-state index in [1.54, 1.807) is 18.3 Å². The van der Waals surface area contributed by atoms with E-state index in [0.717, 1.165) is 42.1 Å². The fourth-order valence-corrected chi connectivity index (χ4v) is 4.46. The summed E-state index contributed by atoms with van der Waals surface area (Å²) in [5, 5.41) is 4.63. The summed E-state index contributed by atoms with van der Waals surface area (Å²) in [6, 6.07) is 5.83. The van der Waals surface area contributed by atoms with Crippen molar-refractivity contribution in [3.63, 3.8) is 0 Å². The zero-order valence-corrected chi connectivity index (χ0v) is 18.7. The molecule has 4 aromatic rings. The van der Waals surface area contributed by atoms with Gasteiger partial charge in [0, 0.05) is 30.8 Å². The molecule has 32 heavy (non-hydrogen) atoms. The van der Waals surface area contributed by atoms with Gasteiger partial charge in [-0.3, -0.25) is 4.98 Å². The lowest BCUT2D eigenvalue weighted by Gasteiger charge is -2.30. The van der Waals surface area contributed by atoms with Crippen molar-refractivity contribution in [3.05, 3.63) is 42.2 Å². The molecule has 0 radical (unpaired) electrons. The molecule has 0 unspecified atom stereocenters. The molecule has 0 aromatic carbocycles. The van der Waals surface area contributed by atoms with E-state index < -0.39 is 5.82 Å². The van der Waals surface area contributed by atoms with Gasteiger partial charge in [0.2, 0.25) is 0 Å². The van der Waals surface area contributed by atoms with E-state index in [0.29, 0.717) is 35.0 Å². The third kappa shape index (κ3) is 4.27. The molecule has 0 N–H and O–H groups in total. The molecule has 10 heteroatoms. The predicted octanol–water partition coefficient (Wildman–Crippen LogP) is 4.69. The first-order valence-electron chi connectivity index (χ1n) is 10.7. The van der Waals surface area contributed by atoms with Crippen LogP contribution in [0.3, 0.4) is 0 Å². The molecular formula is C22H23FN6O2S. The van der Waals surface area contributed by atoms with Gasteiger partial charge in [0.05, 0.1) is 18.5 Å². The van der Waals surface area contributed by atoms with Crippen molar-refractivity contribution < 1.29 is 13.7 Å². The lowest BCUT2D eigenvalue weighted by molar-refractivity contribution is 0.219. The van der Waals surface area contributed by atoms with Crippen LogP contribution in [0.25, 0.3) is 21.6 Å². The predicted molar refractivity (Wildman–Crippen MR) is 119 cm³/mol. The number of nitrogens with zero attached hydrogens (tertiary/aromatic N) is 6. The van der Waals surface area contributed by atoms with Gasteiger partial charge in [0.25, 0.3) is 5.19 Å². The zero-order valence-electron chi connectivity index (χ0n) is 17.9. The van der Waals surface area contributed by atoms with E-state index in [2.05, 4.69) is 30.0 Å². The van der Waals surface area contributed by atoms with Crippen molar-refractivity contribution >= 4 is 27.7 Å². The maximum Gasteiger partial charge on any atom is 0.324 e. The van der Waals surface area contributed by atoms with Crippen molar-refractivity contribution in [1.29, 1.82) is 0 Å². The number of aromatic nitrogens is 5. The van der Waals surface area contributed by atoms with E-state index >= 15 is 0 Å². The van der Waals surface area contributed by atoms with Crippen LogP contribution in [0.2, 0.25) is 0 Å². The summed E-state index contributed by atoms with van der Waals surface area (Å²) < 4.78 is 25.4. The average Bonchev–Trinajstić information content (AvgIpc) is 3.45. The molecule has 0 bridgehead atoms. The minimum Gasteiger partial charge on any atom is -0.470 e. The van der Waals surface area contributed by atoms with Crippen LogP contribution >= 0.6 is 11.3 Å². The number of hydrogen-bond donors (Lipinski definition) is 0. The highest BCUT2D eigenvalue weighted by Gasteiger charge is 2.24. The van der Waals surface area contributed by atoms with E-state index in [1.807, 2.05) is 19.9 Å². The lowest BCUT2D eigenvalue weighted by atomic mass is 9.98. The maximum absolute atomic E-state index is 14.0. The molecule has 0 saturated carbocycles. The minimum absolute atomic E-state index is 0.251. The van der Waals surface area contributed by atoms with Crippen LogP contribution in [0.1, 0.15) is 38.4 Å². The van der Waals surface area contributed by atoms with Gasteiger partial charge in [-0.05, 0) is 37.0 Å². The van der Waals surface area contributed by atoms with Crippen LogP contribution in [-0.2, 0) is 0 Å². The molecule has 5 heterocycles. The topological polar surface area (TPSA) is 90.1 Å². The summed E-state index contributed by atoms with van der Waals surface area (Å²) in [7, 11) is 0. The van der Waals surface area contributed by atoms with E-state index in [9.17, 15) is 4.39 Å². The molecule has 166 valence electrons. The fourth-order valence-electron chi connectivity index (χ4n) is 3.66. The Morgan fingerprint density at radius 1 is 1.19 bits per heavy atom. The van der Waals surface area contributed by atoms with E-state index in [-0.39, 0.29) is 5.92 Å². The number of rotatable bonds is 6. The summed E-state index contributed by atoms with van der Waals surface area (Å²) in [6.45, 7) is 6.41. The number of ether oxygens (including phenoxy) is 1. The van der Waals surface area contributed by atoms with Gasteiger partial charge in [0.15, 0.2) is 11.6 Å². The fraction of sp³-hybridized carbons (Fsp3) is 0.409. The van der Waals surface area contributed by atoms with Crippen LogP contribution in [0, 0.1) is 11.7 Å². The van der Waals surface area contributed by atoms with Crippen LogP contribution in [0.15, 0.2) is 35.1 Å². The Morgan fingerprint density at radius 2 is 2.03 bits per heavy atom. The maximum atomic E-state index is 14.0. The van der Waals surface area contributed by atoms with Crippen LogP contribution in [-0.4, -0.2) is 44.8 Å². The summed E-state index contributed by atoms with van der Waals surface area (Å²) >= 11 is 1.38. The molecule has 1 aliphatic heterocycles. The molecule has 1 saturated heterocycles. The van der Waals surface area contributed by atoms with Gasteiger partial charge >= 0.3 is 6.01 Å². The molecule has 0 aliphatic carbocycles. The number of pyridine rings is 2. The second-order valence-corrected chi connectivity index (χ2v) is 9.13. The highest BCUT2D eigenvalue weighted by molar-refractivity contribution is 7.19. The molecular weight excluding hydrogens is 431 g/mol. The Labute approximate surface area is 188 Å². The molecule has 8 nitrogen and oxygen atoms in total. The van der Waals surface area contributed by atoms with Crippen LogP contribution in [0.4, 0.5) is 10.4 Å². The summed E-state index contributed by atoms with van der Waals surface area (Å²) in [4.78, 5) is 20.2. The first kappa shape index (κ1) is 20.7. The molecule has 1 aliphatic rings.